The van der Waals surface area contributed by atoms with Gasteiger partial charge in [0.2, 0.25) is 0 Å². The maximum absolute atomic E-state index is 12.0. The van der Waals surface area contributed by atoms with Crippen molar-refractivity contribution in [2.75, 3.05) is 45.4 Å². The Hall–Kier alpha value is -2.77. The van der Waals surface area contributed by atoms with E-state index in [-0.39, 0.29) is 19.1 Å². The fourth-order valence-electron chi connectivity index (χ4n) is 2.12. The molecule has 0 aliphatic heterocycles. The number of ether oxygens (including phenoxy) is 1. The number of hydrogen-bond donors (Lipinski definition) is 2. The van der Waals surface area contributed by atoms with Crippen molar-refractivity contribution in [1.29, 1.82) is 0 Å². The highest BCUT2D eigenvalue weighted by atomic mass is 16.5. The lowest BCUT2D eigenvalue weighted by molar-refractivity contribution is 0.0838. The molecule has 0 heterocycles. The van der Waals surface area contributed by atoms with E-state index in [0.717, 1.165) is 11.4 Å². The maximum Gasteiger partial charge on any atom is 0.251 e. The number of nitrogens with one attached hydrogen (secondary N) is 1. The van der Waals surface area contributed by atoms with E-state index in [1.807, 2.05) is 43.3 Å². The molecule has 0 aliphatic carbocycles. The molecule has 26 heavy (non-hydrogen) atoms. The first-order chi connectivity index (χ1) is 12.6. The molecule has 0 radical (unpaired) electrons. The first kappa shape index (κ1) is 19.6. The van der Waals surface area contributed by atoms with Crippen LogP contribution in [0.2, 0.25) is 0 Å². The van der Waals surface area contributed by atoms with E-state index in [9.17, 15) is 4.79 Å². The van der Waals surface area contributed by atoms with E-state index in [1.54, 1.807) is 24.3 Å². The van der Waals surface area contributed by atoms with Crippen molar-refractivity contribution in [3.05, 3.63) is 54.1 Å². The number of benzene rings is 2. The number of carbonyl (C=O) groups excluding carboxylic acids is 1. The average Bonchev–Trinajstić information content (AvgIpc) is 2.66. The van der Waals surface area contributed by atoms with Gasteiger partial charge in [-0.15, -0.1) is 0 Å². The van der Waals surface area contributed by atoms with Gasteiger partial charge in [-0.2, -0.15) is 10.2 Å². The van der Waals surface area contributed by atoms with Gasteiger partial charge in [0.05, 0.1) is 31.2 Å². The Kier molecular flexibility index (Phi) is 7.73. The number of rotatable bonds is 9. The first-order valence-corrected chi connectivity index (χ1v) is 8.36. The summed E-state index contributed by atoms with van der Waals surface area (Å²) >= 11 is 0. The predicted molar refractivity (Wildman–Crippen MR) is 102 cm³/mol. The van der Waals surface area contributed by atoms with Gasteiger partial charge in [-0.1, -0.05) is 0 Å². The summed E-state index contributed by atoms with van der Waals surface area (Å²) in [6.45, 7) is 1.01. The molecule has 0 bridgehead atoms. The largest absolute Gasteiger partial charge is 0.394 e. The number of hydrogen-bond acceptors (Lipinski definition) is 6. The molecule has 2 N–H and O–H groups in total. The second kappa shape index (κ2) is 10.3. The lowest BCUT2D eigenvalue weighted by atomic mass is 10.2. The van der Waals surface area contributed by atoms with Gasteiger partial charge >= 0.3 is 0 Å². The lowest BCUT2D eigenvalue weighted by Gasteiger charge is -2.11. The number of aliphatic hydroxyl groups excluding tert-OH is 1. The zero-order valence-corrected chi connectivity index (χ0v) is 15.1. The minimum absolute atomic E-state index is 0.0240. The predicted octanol–water partition coefficient (Wildman–Crippen LogP) is 2.91. The zero-order chi connectivity index (χ0) is 18.8. The minimum atomic E-state index is -0.180. The Balaban J connectivity index is 1.87. The van der Waals surface area contributed by atoms with E-state index >= 15 is 0 Å². The monoisotopic (exact) mass is 356 g/mol. The van der Waals surface area contributed by atoms with Gasteiger partial charge in [-0.3, -0.25) is 4.79 Å². The van der Waals surface area contributed by atoms with Gasteiger partial charge in [0.25, 0.3) is 5.91 Å². The Bertz CT molecular complexity index is 713. The van der Waals surface area contributed by atoms with Crippen molar-refractivity contribution in [3.63, 3.8) is 0 Å². The highest BCUT2D eigenvalue weighted by Crippen LogP contribution is 2.21. The highest BCUT2D eigenvalue weighted by Gasteiger charge is 2.04. The third-order valence-electron chi connectivity index (χ3n) is 3.54. The number of carbonyl (C=O) groups is 1. The number of aliphatic hydroxyl groups is 1. The fourth-order valence-corrected chi connectivity index (χ4v) is 2.12. The maximum atomic E-state index is 12.0. The van der Waals surface area contributed by atoms with Gasteiger partial charge in [-0.05, 0) is 48.5 Å². The van der Waals surface area contributed by atoms with Crippen LogP contribution < -0.4 is 10.2 Å². The van der Waals surface area contributed by atoms with Crippen LogP contribution in [0.15, 0.2) is 58.8 Å². The summed E-state index contributed by atoms with van der Waals surface area (Å²) < 4.78 is 5.09. The number of amides is 1. The molecule has 0 atom stereocenters. The highest BCUT2D eigenvalue weighted by molar-refractivity contribution is 5.94. The molecule has 0 saturated carbocycles. The van der Waals surface area contributed by atoms with Crippen LogP contribution in [0.25, 0.3) is 0 Å². The molecule has 2 aromatic carbocycles. The molecule has 7 heteroatoms. The normalized spacial score (nSPS) is 10.9. The van der Waals surface area contributed by atoms with Gasteiger partial charge < -0.3 is 20.1 Å². The molecule has 1 amide bonds. The van der Waals surface area contributed by atoms with Crippen LogP contribution in [0, 0.1) is 0 Å². The molecular weight excluding hydrogens is 332 g/mol. The van der Waals surface area contributed by atoms with Crippen LogP contribution in [-0.2, 0) is 4.74 Å². The Morgan fingerprint density at radius 1 is 1.00 bits per heavy atom. The number of azo groups is 1. The summed E-state index contributed by atoms with van der Waals surface area (Å²) in [6, 6.07) is 14.7. The standard InChI is InChI=1S/C19H24N4O3/c1-23(2)18-9-7-17(8-10-18)22-21-16-5-3-15(4-6-16)19(25)20-11-13-26-14-12-24/h3-10,24H,11-14H2,1-2H3,(H,20,25). The molecule has 0 fully saturated rings. The molecular formula is C19H24N4O3. The quantitative estimate of drug-likeness (QED) is 0.534. The number of nitrogens with zero attached hydrogens (tertiary/aromatic N) is 3. The summed E-state index contributed by atoms with van der Waals surface area (Å²) in [5.74, 6) is -0.180. The van der Waals surface area contributed by atoms with Crippen molar-refractivity contribution in [2.45, 2.75) is 0 Å². The zero-order valence-electron chi connectivity index (χ0n) is 15.1. The minimum Gasteiger partial charge on any atom is -0.394 e. The van der Waals surface area contributed by atoms with Crippen LogP contribution in [0.1, 0.15) is 10.4 Å². The fraction of sp³-hybridized carbons (Fsp3) is 0.316. The van der Waals surface area contributed by atoms with Gasteiger partial charge in [0, 0.05) is 31.9 Å². The summed E-state index contributed by atoms with van der Waals surface area (Å²) in [6.07, 6.45) is 0. The molecule has 0 unspecified atom stereocenters. The lowest BCUT2D eigenvalue weighted by Crippen LogP contribution is -2.27. The molecule has 0 saturated heterocycles. The van der Waals surface area contributed by atoms with Crippen molar-refractivity contribution < 1.29 is 14.6 Å². The molecule has 0 spiro atoms. The van der Waals surface area contributed by atoms with E-state index < -0.39 is 0 Å². The second-order valence-corrected chi connectivity index (χ2v) is 5.75. The van der Waals surface area contributed by atoms with Crippen LogP contribution in [0.5, 0.6) is 0 Å². The van der Waals surface area contributed by atoms with E-state index in [1.165, 1.54) is 0 Å². The third-order valence-corrected chi connectivity index (χ3v) is 3.54. The van der Waals surface area contributed by atoms with Crippen LogP contribution >= 0.6 is 0 Å². The molecule has 138 valence electrons. The Labute approximate surface area is 153 Å². The van der Waals surface area contributed by atoms with E-state index in [4.69, 9.17) is 9.84 Å². The number of anilines is 1. The third kappa shape index (κ3) is 6.27. The molecule has 7 nitrogen and oxygen atoms in total. The molecule has 0 aromatic heterocycles. The molecule has 2 aromatic rings. The van der Waals surface area contributed by atoms with Crippen molar-refractivity contribution in [3.8, 4) is 0 Å². The first-order valence-electron chi connectivity index (χ1n) is 8.36. The van der Waals surface area contributed by atoms with Crippen LogP contribution in [-0.4, -0.2) is 51.5 Å². The summed E-state index contributed by atoms with van der Waals surface area (Å²) in [5.41, 5.74) is 3.08. The van der Waals surface area contributed by atoms with E-state index in [0.29, 0.717) is 24.4 Å². The van der Waals surface area contributed by atoms with Crippen molar-refractivity contribution in [1.82, 2.24) is 5.32 Å². The van der Waals surface area contributed by atoms with Gasteiger partial charge in [0.1, 0.15) is 0 Å². The van der Waals surface area contributed by atoms with Crippen LogP contribution in [0.3, 0.4) is 0 Å². The SMILES string of the molecule is CN(C)c1ccc(N=Nc2ccc(C(=O)NCCOCCO)cc2)cc1. The summed E-state index contributed by atoms with van der Waals surface area (Å²) in [5, 5.41) is 19.7. The summed E-state index contributed by atoms with van der Waals surface area (Å²) in [4.78, 5) is 14.0. The van der Waals surface area contributed by atoms with Crippen LogP contribution in [0.4, 0.5) is 17.1 Å². The second-order valence-electron chi connectivity index (χ2n) is 5.75. The average molecular weight is 356 g/mol. The van der Waals surface area contributed by atoms with Crippen molar-refractivity contribution in [2.24, 2.45) is 10.2 Å². The smallest absolute Gasteiger partial charge is 0.251 e. The Morgan fingerprint density at radius 2 is 1.58 bits per heavy atom. The Morgan fingerprint density at radius 3 is 2.12 bits per heavy atom. The summed E-state index contributed by atoms with van der Waals surface area (Å²) in [7, 11) is 3.97. The van der Waals surface area contributed by atoms with Gasteiger partial charge in [-0.25, -0.2) is 0 Å². The van der Waals surface area contributed by atoms with E-state index in [2.05, 4.69) is 15.5 Å². The molecule has 0 aliphatic rings. The van der Waals surface area contributed by atoms with Gasteiger partial charge in [0.15, 0.2) is 0 Å². The topological polar surface area (TPSA) is 86.5 Å². The van der Waals surface area contributed by atoms with Crippen molar-refractivity contribution >= 4 is 23.0 Å². The molecule has 2 rings (SSSR count).